The Balaban J connectivity index is 3.18. The average molecular weight is 331 g/mol. The summed E-state index contributed by atoms with van der Waals surface area (Å²) in [5.41, 5.74) is 1.11. The van der Waals surface area contributed by atoms with Crippen LogP contribution in [0.2, 0.25) is 0 Å². The van der Waals surface area contributed by atoms with E-state index in [0.717, 1.165) is 23.7 Å². The van der Waals surface area contributed by atoms with E-state index in [-0.39, 0.29) is 29.1 Å². The molecular weight excluding hydrogens is 304 g/mol. The van der Waals surface area contributed by atoms with E-state index in [1.54, 1.807) is 7.11 Å². The van der Waals surface area contributed by atoms with Crippen LogP contribution >= 0.6 is 15.9 Å². The van der Waals surface area contributed by atoms with E-state index in [1.807, 2.05) is 0 Å². The van der Waals surface area contributed by atoms with Gasteiger partial charge in [0.2, 0.25) is 0 Å². The van der Waals surface area contributed by atoms with Gasteiger partial charge in [0.25, 0.3) is 0 Å². The summed E-state index contributed by atoms with van der Waals surface area (Å²) in [5, 5.41) is 0.732. The molecule has 0 amide bonds. The molecule has 1 aliphatic carbocycles. The maximum atomic E-state index is 12.8. The van der Waals surface area contributed by atoms with Crippen LogP contribution in [-0.2, 0) is 9.53 Å². The number of halogens is 1. The van der Waals surface area contributed by atoms with Crippen molar-refractivity contribution in [2.24, 2.45) is 23.2 Å². The average Bonchev–Trinajstić information content (AvgIpc) is 2.37. The van der Waals surface area contributed by atoms with Crippen molar-refractivity contribution >= 4 is 21.7 Å². The van der Waals surface area contributed by atoms with Crippen LogP contribution in [0.3, 0.4) is 0 Å². The maximum absolute atomic E-state index is 12.8. The molecule has 0 spiro atoms. The lowest BCUT2D eigenvalue weighted by molar-refractivity contribution is -0.150. The molecule has 0 bridgehead atoms. The SMILES string of the molecule is C=C(CBr)C1CC(C)(C(C)C)C(CC)C(=O)C1OC. The van der Waals surface area contributed by atoms with E-state index in [0.29, 0.717) is 5.92 Å². The molecule has 19 heavy (non-hydrogen) atoms. The van der Waals surface area contributed by atoms with E-state index in [1.165, 1.54) is 0 Å². The lowest BCUT2D eigenvalue weighted by Gasteiger charge is -2.49. The van der Waals surface area contributed by atoms with E-state index in [9.17, 15) is 4.79 Å². The quantitative estimate of drug-likeness (QED) is 0.557. The zero-order valence-corrected chi connectivity index (χ0v) is 14.4. The lowest BCUT2D eigenvalue weighted by Crippen LogP contribution is -2.52. The molecule has 1 aliphatic rings. The second-order valence-electron chi connectivity index (χ2n) is 6.28. The Labute approximate surface area is 126 Å². The molecule has 110 valence electrons. The molecule has 0 aromatic heterocycles. The van der Waals surface area contributed by atoms with Gasteiger partial charge in [-0.2, -0.15) is 0 Å². The van der Waals surface area contributed by atoms with Crippen LogP contribution in [0.4, 0.5) is 0 Å². The topological polar surface area (TPSA) is 26.3 Å². The van der Waals surface area contributed by atoms with Crippen LogP contribution in [0.1, 0.15) is 40.5 Å². The Morgan fingerprint density at radius 1 is 1.58 bits per heavy atom. The summed E-state index contributed by atoms with van der Waals surface area (Å²) >= 11 is 3.47. The molecule has 0 heterocycles. The third-order valence-electron chi connectivity index (χ3n) is 5.12. The van der Waals surface area contributed by atoms with Gasteiger partial charge >= 0.3 is 0 Å². The van der Waals surface area contributed by atoms with Gasteiger partial charge in [-0.25, -0.2) is 0 Å². The summed E-state index contributed by atoms with van der Waals surface area (Å²) < 4.78 is 5.51. The van der Waals surface area contributed by atoms with Crippen molar-refractivity contribution in [3.63, 3.8) is 0 Å². The molecule has 1 rings (SSSR count). The van der Waals surface area contributed by atoms with Gasteiger partial charge in [0.1, 0.15) is 6.10 Å². The van der Waals surface area contributed by atoms with Crippen molar-refractivity contribution in [2.75, 3.05) is 12.4 Å². The van der Waals surface area contributed by atoms with Gasteiger partial charge in [0, 0.05) is 24.3 Å². The molecule has 0 saturated heterocycles. The first-order chi connectivity index (χ1) is 8.83. The number of methoxy groups -OCH3 is 1. The summed E-state index contributed by atoms with van der Waals surface area (Å²) in [6.07, 6.45) is 1.56. The van der Waals surface area contributed by atoms with Gasteiger partial charge in [-0.05, 0) is 24.2 Å². The standard InChI is InChI=1S/C16H27BrO2/c1-7-13-14(18)15(19-6)12(11(4)9-17)8-16(13,5)10(2)3/h10,12-13,15H,4,7-9H2,1-3,5-6H3. The third kappa shape index (κ3) is 2.97. The first-order valence-corrected chi connectivity index (χ1v) is 8.25. The van der Waals surface area contributed by atoms with Gasteiger partial charge in [0.15, 0.2) is 5.78 Å². The number of carbonyl (C=O) groups is 1. The zero-order valence-electron chi connectivity index (χ0n) is 12.8. The summed E-state index contributed by atoms with van der Waals surface area (Å²) in [7, 11) is 1.64. The van der Waals surface area contributed by atoms with Crippen molar-refractivity contribution < 1.29 is 9.53 Å². The number of alkyl halides is 1. The highest BCUT2D eigenvalue weighted by Gasteiger charge is 2.51. The first-order valence-electron chi connectivity index (χ1n) is 7.13. The summed E-state index contributed by atoms with van der Waals surface area (Å²) in [6.45, 7) is 12.9. The number of hydrogen-bond donors (Lipinski definition) is 0. The van der Waals surface area contributed by atoms with Crippen molar-refractivity contribution in [2.45, 2.75) is 46.6 Å². The smallest absolute Gasteiger partial charge is 0.165 e. The van der Waals surface area contributed by atoms with Crippen LogP contribution in [0.15, 0.2) is 12.2 Å². The van der Waals surface area contributed by atoms with Gasteiger partial charge in [-0.15, -0.1) is 0 Å². The molecule has 4 atom stereocenters. The number of ether oxygens (including phenoxy) is 1. The predicted octanol–water partition coefficient (Wildman–Crippen LogP) is 4.23. The normalized spacial score (nSPS) is 35.7. The van der Waals surface area contributed by atoms with Gasteiger partial charge in [0.05, 0.1) is 0 Å². The Hall–Kier alpha value is -0.150. The van der Waals surface area contributed by atoms with Crippen LogP contribution in [0.5, 0.6) is 0 Å². The van der Waals surface area contributed by atoms with E-state index in [2.05, 4.69) is 50.2 Å². The fourth-order valence-corrected chi connectivity index (χ4v) is 3.90. The van der Waals surface area contributed by atoms with Crippen molar-refractivity contribution in [3.8, 4) is 0 Å². The molecule has 4 unspecified atom stereocenters. The Bertz CT molecular complexity index is 351. The molecule has 0 radical (unpaired) electrons. The predicted molar refractivity (Wildman–Crippen MR) is 83.6 cm³/mol. The molecule has 3 heteroatoms. The highest BCUT2D eigenvalue weighted by molar-refractivity contribution is 9.09. The number of ketones is 1. The molecule has 0 N–H and O–H groups in total. The second-order valence-corrected chi connectivity index (χ2v) is 6.84. The fraction of sp³-hybridized carbons (Fsp3) is 0.812. The highest BCUT2D eigenvalue weighted by Crippen LogP contribution is 2.50. The highest BCUT2D eigenvalue weighted by atomic mass is 79.9. The minimum absolute atomic E-state index is 0.0383. The molecule has 0 aromatic rings. The minimum Gasteiger partial charge on any atom is -0.373 e. The maximum Gasteiger partial charge on any atom is 0.165 e. The Kier molecular flexibility index (Phi) is 5.81. The molecule has 1 saturated carbocycles. The van der Waals surface area contributed by atoms with Crippen molar-refractivity contribution in [1.29, 1.82) is 0 Å². The van der Waals surface area contributed by atoms with E-state index in [4.69, 9.17) is 4.74 Å². The first kappa shape index (κ1) is 16.9. The zero-order chi connectivity index (χ0) is 14.8. The Morgan fingerprint density at radius 3 is 2.53 bits per heavy atom. The number of carbonyl (C=O) groups excluding carboxylic acids is 1. The molecule has 0 aliphatic heterocycles. The van der Waals surface area contributed by atoms with Crippen LogP contribution < -0.4 is 0 Å². The van der Waals surface area contributed by atoms with Crippen LogP contribution in [-0.4, -0.2) is 24.3 Å². The molecule has 1 fully saturated rings. The largest absolute Gasteiger partial charge is 0.373 e. The summed E-state index contributed by atoms with van der Waals surface area (Å²) in [4.78, 5) is 12.8. The minimum atomic E-state index is -0.318. The molecular formula is C16H27BrO2. The number of hydrogen-bond acceptors (Lipinski definition) is 2. The van der Waals surface area contributed by atoms with Gasteiger partial charge in [-0.3, -0.25) is 4.79 Å². The van der Waals surface area contributed by atoms with Crippen LogP contribution in [0.25, 0.3) is 0 Å². The fourth-order valence-electron chi connectivity index (χ4n) is 3.49. The molecule has 0 aromatic carbocycles. The summed E-state index contributed by atoms with van der Waals surface area (Å²) in [5.74, 6) is 0.966. The lowest BCUT2D eigenvalue weighted by atomic mass is 9.56. The van der Waals surface area contributed by atoms with Gasteiger partial charge in [-0.1, -0.05) is 55.8 Å². The second kappa shape index (κ2) is 6.53. The summed E-state index contributed by atoms with van der Waals surface area (Å²) in [6, 6.07) is 0. The van der Waals surface area contributed by atoms with Crippen molar-refractivity contribution in [3.05, 3.63) is 12.2 Å². The van der Waals surface area contributed by atoms with Crippen molar-refractivity contribution in [1.82, 2.24) is 0 Å². The number of Topliss-reactive ketones (excluding diaryl/α,β-unsaturated/α-hetero) is 1. The monoisotopic (exact) mass is 330 g/mol. The van der Waals surface area contributed by atoms with Gasteiger partial charge < -0.3 is 4.74 Å². The van der Waals surface area contributed by atoms with E-state index >= 15 is 0 Å². The van der Waals surface area contributed by atoms with E-state index < -0.39 is 0 Å². The number of rotatable bonds is 5. The molecule has 2 nitrogen and oxygen atoms in total. The third-order valence-corrected chi connectivity index (χ3v) is 5.84. The van der Waals surface area contributed by atoms with Crippen LogP contribution in [0, 0.1) is 23.2 Å². The Morgan fingerprint density at radius 2 is 2.16 bits per heavy atom.